The van der Waals surface area contributed by atoms with Crippen LogP contribution in [-0.2, 0) is 10.2 Å². The van der Waals surface area contributed by atoms with Gasteiger partial charge in [0.25, 0.3) is 0 Å². The minimum Gasteiger partial charge on any atom is -0.481 e. The zero-order chi connectivity index (χ0) is 14.3. The molecule has 1 heterocycles. The van der Waals surface area contributed by atoms with E-state index >= 15 is 0 Å². The van der Waals surface area contributed by atoms with E-state index in [4.69, 9.17) is 9.47 Å². The molecule has 0 unspecified atom stereocenters. The topological polar surface area (TPSA) is 55.8 Å². The lowest BCUT2D eigenvalue weighted by atomic mass is 9.69. The summed E-state index contributed by atoms with van der Waals surface area (Å²) in [6.45, 7) is 0.0247. The minimum atomic E-state index is -1.16. The molecule has 6 heteroatoms. The third-order valence-electron chi connectivity index (χ3n) is 4.18. The fraction of sp³-hybridized carbons (Fsp3) is 0.500. The molecule has 0 atom stereocenters. The molecule has 0 radical (unpaired) electrons. The van der Waals surface area contributed by atoms with Gasteiger partial charge in [-0.1, -0.05) is 19.3 Å². The van der Waals surface area contributed by atoms with Crippen LogP contribution in [0.3, 0.4) is 0 Å². The van der Waals surface area contributed by atoms with Crippen molar-refractivity contribution >= 4 is 21.9 Å². The molecule has 1 aromatic carbocycles. The van der Waals surface area contributed by atoms with Crippen molar-refractivity contribution < 1.29 is 23.8 Å². The largest absolute Gasteiger partial charge is 0.481 e. The van der Waals surface area contributed by atoms with Gasteiger partial charge in [-0.2, -0.15) is 0 Å². The lowest BCUT2D eigenvalue weighted by Crippen LogP contribution is -2.38. The van der Waals surface area contributed by atoms with Crippen LogP contribution in [0.1, 0.15) is 37.7 Å². The van der Waals surface area contributed by atoms with Gasteiger partial charge in [-0.3, -0.25) is 4.79 Å². The Morgan fingerprint density at radius 1 is 1.30 bits per heavy atom. The Bertz CT molecular complexity index is 567. The van der Waals surface area contributed by atoms with Gasteiger partial charge in [0, 0.05) is 5.56 Å². The second kappa shape index (κ2) is 4.91. The first-order valence-corrected chi connectivity index (χ1v) is 7.37. The lowest BCUT2D eigenvalue weighted by Gasteiger charge is -2.34. The van der Waals surface area contributed by atoms with E-state index < -0.39 is 17.2 Å². The Balaban J connectivity index is 2.17. The normalized spacial score (nSPS) is 19.9. The van der Waals surface area contributed by atoms with Gasteiger partial charge in [0.2, 0.25) is 6.79 Å². The quantitative estimate of drug-likeness (QED) is 0.890. The summed E-state index contributed by atoms with van der Waals surface area (Å²) in [4.78, 5) is 11.8. The van der Waals surface area contributed by atoms with Crippen molar-refractivity contribution in [3.05, 3.63) is 21.9 Å². The highest BCUT2D eigenvalue weighted by atomic mass is 79.9. The van der Waals surface area contributed by atoms with Crippen molar-refractivity contribution in [3.63, 3.8) is 0 Å². The number of fused-ring (bicyclic) bond motifs is 1. The third kappa shape index (κ3) is 1.89. The van der Waals surface area contributed by atoms with Crippen LogP contribution in [0, 0.1) is 5.82 Å². The van der Waals surface area contributed by atoms with Crippen molar-refractivity contribution in [2.45, 2.75) is 37.5 Å². The van der Waals surface area contributed by atoms with Crippen LogP contribution >= 0.6 is 15.9 Å². The van der Waals surface area contributed by atoms with Gasteiger partial charge >= 0.3 is 5.97 Å². The summed E-state index contributed by atoms with van der Waals surface area (Å²) in [6, 6.07) is 1.49. The molecule has 0 spiro atoms. The van der Waals surface area contributed by atoms with Crippen LogP contribution < -0.4 is 9.47 Å². The van der Waals surface area contributed by atoms with E-state index in [0.717, 1.165) is 19.3 Å². The van der Waals surface area contributed by atoms with E-state index in [1.54, 1.807) is 0 Å². The Hall–Kier alpha value is -1.30. The molecule has 4 nitrogen and oxygen atoms in total. The molecule has 1 aliphatic carbocycles. The predicted molar refractivity (Wildman–Crippen MR) is 72.6 cm³/mol. The molecule has 0 saturated heterocycles. The van der Waals surface area contributed by atoms with Gasteiger partial charge in [0.05, 0.1) is 9.89 Å². The van der Waals surface area contributed by atoms with Gasteiger partial charge in [0.1, 0.15) is 5.82 Å². The maximum atomic E-state index is 14.6. The number of rotatable bonds is 2. The molecule has 108 valence electrons. The Morgan fingerprint density at radius 3 is 2.65 bits per heavy atom. The highest BCUT2D eigenvalue weighted by Crippen LogP contribution is 2.48. The van der Waals surface area contributed by atoms with Gasteiger partial charge < -0.3 is 14.6 Å². The van der Waals surface area contributed by atoms with E-state index in [1.807, 2.05) is 0 Å². The van der Waals surface area contributed by atoms with Gasteiger partial charge in [-0.25, -0.2) is 4.39 Å². The molecular weight excluding hydrogens is 331 g/mol. The molecular formula is C14H14BrFO4. The summed E-state index contributed by atoms with van der Waals surface area (Å²) in [5.74, 6) is -0.817. The van der Waals surface area contributed by atoms with Crippen LogP contribution in [0.15, 0.2) is 10.5 Å². The van der Waals surface area contributed by atoms with Crippen molar-refractivity contribution in [2.24, 2.45) is 0 Å². The molecule has 0 bridgehead atoms. The van der Waals surface area contributed by atoms with E-state index in [-0.39, 0.29) is 16.8 Å². The SMILES string of the molecule is O=C(O)C1(c2cc3c(c(Br)c2F)OCO3)CCCCC1. The average Bonchev–Trinajstić information content (AvgIpc) is 2.92. The number of hydrogen-bond acceptors (Lipinski definition) is 3. The smallest absolute Gasteiger partial charge is 0.314 e. The van der Waals surface area contributed by atoms with Gasteiger partial charge in [-0.05, 0) is 34.8 Å². The number of halogens is 2. The molecule has 1 fully saturated rings. The van der Waals surface area contributed by atoms with Gasteiger partial charge in [-0.15, -0.1) is 0 Å². The summed E-state index contributed by atoms with van der Waals surface area (Å²) in [7, 11) is 0. The Labute approximate surface area is 124 Å². The minimum absolute atomic E-state index is 0.0247. The number of aliphatic carboxylic acids is 1. The molecule has 0 amide bonds. The second-order valence-corrected chi connectivity index (χ2v) is 6.03. The molecule has 3 rings (SSSR count). The van der Waals surface area contributed by atoms with Crippen LogP contribution in [0.5, 0.6) is 11.5 Å². The fourth-order valence-electron chi connectivity index (χ4n) is 3.08. The second-order valence-electron chi connectivity index (χ2n) is 5.23. The number of carbonyl (C=O) groups is 1. The molecule has 1 aromatic rings. The van der Waals surface area contributed by atoms with Crippen molar-refractivity contribution in [2.75, 3.05) is 6.79 Å². The highest BCUT2D eigenvalue weighted by Gasteiger charge is 2.45. The summed E-state index contributed by atoms with van der Waals surface area (Å²) in [6.07, 6.45) is 3.47. The van der Waals surface area contributed by atoms with E-state index in [0.29, 0.717) is 24.3 Å². The standard InChI is InChI=1S/C14H14BrFO4/c15-10-11(16)8(6-9-12(10)20-7-19-9)14(13(17)18)4-2-1-3-5-14/h6H,1-5,7H2,(H,17,18). The lowest BCUT2D eigenvalue weighted by molar-refractivity contribution is -0.145. The molecule has 20 heavy (non-hydrogen) atoms. The maximum Gasteiger partial charge on any atom is 0.314 e. The van der Waals surface area contributed by atoms with E-state index in [2.05, 4.69) is 15.9 Å². The first kappa shape index (κ1) is 13.7. The summed E-state index contributed by atoms with van der Waals surface area (Å²) in [5, 5.41) is 9.65. The maximum absolute atomic E-state index is 14.6. The van der Waals surface area contributed by atoms with Crippen LogP contribution in [0.2, 0.25) is 0 Å². The molecule has 1 saturated carbocycles. The number of benzene rings is 1. The first-order valence-electron chi connectivity index (χ1n) is 6.58. The van der Waals surface area contributed by atoms with Crippen LogP contribution in [0.25, 0.3) is 0 Å². The average molecular weight is 345 g/mol. The zero-order valence-electron chi connectivity index (χ0n) is 10.7. The van der Waals surface area contributed by atoms with E-state index in [9.17, 15) is 14.3 Å². The van der Waals surface area contributed by atoms with Crippen molar-refractivity contribution in [1.29, 1.82) is 0 Å². The molecule has 1 N–H and O–H groups in total. The molecule has 2 aliphatic rings. The molecule has 1 aliphatic heterocycles. The van der Waals surface area contributed by atoms with Crippen LogP contribution in [0.4, 0.5) is 4.39 Å². The van der Waals surface area contributed by atoms with Crippen molar-refractivity contribution in [3.8, 4) is 11.5 Å². The number of carboxylic acids is 1. The van der Waals surface area contributed by atoms with Crippen LogP contribution in [-0.4, -0.2) is 17.9 Å². The number of carboxylic acid groups (broad SMARTS) is 1. The monoisotopic (exact) mass is 344 g/mol. The molecule has 0 aromatic heterocycles. The van der Waals surface area contributed by atoms with Crippen molar-refractivity contribution in [1.82, 2.24) is 0 Å². The van der Waals surface area contributed by atoms with E-state index in [1.165, 1.54) is 6.07 Å². The Kier molecular flexibility index (Phi) is 3.36. The number of hydrogen-bond donors (Lipinski definition) is 1. The first-order chi connectivity index (χ1) is 9.56. The Morgan fingerprint density at radius 2 is 2.00 bits per heavy atom. The summed E-state index contributed by atoms with van der Waals surface area (Å²) >= 11 is 3.15. The van der Waals surface area contributed by atoms with Gasteiger partial charge in [0.15, 0.2) is 11.5 Å². The third-order valence-corrected chi connectivity index (χ3v) is 4.89. The zero-order valence-corrected chi connectivity index (χ0v) is 12.3. The summed E-state index contributed by atoms with van der Waals surface area (Å²) in [5.41, 5.74) is -0.966. The number of ether oxygens (including phenoxy) is 2. The predicted octanol–water partition coefficient (Wildman–Crippen LogP) is 3.60. The summed E-state index contributed by atoms with van der Waals surface area (Å²) < 4.78 is 25.2. The fourth-order valence-corrected chi connectivity index (χ4v) is 3.61. The highest BCUT2D eigenvalue weighted by molar-refractivity contribution is 9.10.